The summed E-state index contributed by atoms with van der Waals surface area (Å²) in [6.07, 6.45) is -3.65. The van der Waals surface area contributed by atoms with Crippen molar-refractivity contribution in [1.29, 1.82) is 0 Å². The van der Waals surface area contributed by atoms with E-state index in [2.05, 4.69) is 0 Å². The highest BCUT2D eigenvalue weighted by atomic mass is 35.5. The van der Waals surface area contributed by atoms with Gasteiger partial charge in [0.1, 0.15) is 5.82 Å². The molecule has 0 fully saturated rings. The topological polar surface area (TPSA) is 17.1 Å². The van der Waals surface area contributed by atoms with Gasteiger partial charge >= 0.3 is 6.18 Å². The number of halogens is 6. The largest absolute Gasteiger partial charge is 0.417 e. The molecule has 136 valence electrons. The van der Waals surface area contributed by atoms with E-state index >= 15 is 0 Å². The van der Waals surface area contributed by atoms with Crippen LogP contribution < -0.4 is 0 Å². The molecule has 0 aliphatic rings. The molecule has 0 bridgehead atoms. The third-order valence-electron chi connectivity index (χ3n) is 3.03. The lowest BCUT2D eigenvalue weighted by Crippen LogP contribution is -2.08. The Labute approximate surface area is 161 Å². The fourth-order valence-corrected chi connectivity index (χ4v) is 3.42. The van der Waals surface area contributed by atoms with Crippen LogP contribution in [-0.4, -0.2) is 4.21 Å². The summed E-state index contributed by atoms with van der Waals surface area (Å²) in [6, 6.07) is 6.95. The molecule has 0 spiro atoms. The van der Waals surface area contributed by atoms with Crippen molar-refractivity contribution in [2.75, 3.05) is 0 Å². The average Bonchev–Trinajstić information content (AvgIpc) is 2.48. The van der Waals surface area contributed by atoms with Crippen LogP contribution in [-0.2, 0) is 22.7 Å². The molecule has 2 rings (SSSR count). The molecule has 25 heavy (non-hydrogen) atoms. The normalized spacial score (nSPS) is 12.9. The van der Waals surface area contributed by atoms with Crippen LogP contribution in [0.25, 0.3) is 6.08 Å². The maximum Gasteiger partial charge on any atom is 0.417 e. The molecular formula is C16H12Cl2F4OS2. The van der Waals surface area contributed by atoms with E-state index in [1.165, 1.54) is 6.07 Å². The predicted molar refractivity (Wildman–Crippen MR) is 99.1 cm³/mol. The minimum Gasteiger partial charge on any atom is -0.255 e. The van der Waals surface area contributed by atoms with Gasteiger partial charge in [0.2, 0.25) is 0 Å². The lowest BCUT2D eigenvalue weighted by molar-refractivity contribution is -0.137. The van der Waals surface area contributed by atoms with Crippen LogP contribution in [0.1, 0.15) is 16.7 Å². The Kier molecular flexibility index (Phi) is 7.99. The third kappa shape index (κ3) is 6.33. The quantitative estimate of drug-likeness (QED) is 0.528. The third-order valence-corrected chi connectivity index (χ3v) is 4.66. The van der Waals surface area contributed by atoms with Crippen LogP contribution in [0, 0.1) is 5.82 Å². The Morgan fingerprint density at radius 3 is 2.36 bits per heavy atom. The van der Waals surface area contributed by atoms with Crippen molar-refractivity contribution in [3.05, 3.63) is 74.4 Å². The highest BCUT2D eigenvalue weighted by Crippen LogP contribution is 2.33. The van der Waals surface area contributed by atoms with Gasteiger partial charge < -0.3 is 0 Å². The van der Waals surface area contributed by atoms with Crippen molar-refractivity contribution in [3.63, 3.8) is 0 Å². The molecule has 0 aromatic heterocycles. The Morgan fingerprint density at radius 2 is 1.76 bits per heavy atom. The van der Waals surface area contributed by atoms with E-state index in [0.29, 0.717) is 21.7 Å². The molecule has 0 N–H and O–H groups in total. The Bertz CT molecular complexity index is 807. The maximum atomic E-state index is 13.0. The lowest BCUT2D eigenvalue weighted by atomic mass is 10.1. The van der Waals surface area contributed by atoms with Gasteiger partial charge in [-0.1, -0.05) is 35.3 Å². The zero-order valence-electron chi connectivity index (χ0n) is 12.4. The van der Waals surface area contributed by atoms with Gasteiger partial charge in [0.25, 0.3) is 0 Å². The predicted octanol–water partition coefficient (Wildman–Crippen LogP) is 6.18. The Balaban J connectivity index is 0.00000312. The fraction of sp³-hybridized carbons (Fsp3) is 0.125. The van der Waals surface area contributed by atoms with Crippen molar-refractivity contribution >= 4 is 53.6 Å². The smallest absolute Gasteiger partial charge is 0.255 e. The van der Waals surface area contributed by atoms with Gasteiger partial charge in [0, 0.05) is 15.5 Å². The molecule has 1 nitrogen and oxygen atoms in total. The molecular weight excluding hydrogens is 419 g/mol. The molecule has 1 unspecified atom stereocenters. The van der Waals surface area contributed by atoms with Crippen LogP contribution in [0.4, 0.5) is 17.6 Å². The highest BCUT2D eigenvalue weighted by Gasteiger charge is 2.33. The first-order valence-electron chi connectivity index (χ1n) is 6.53. The zero-order valence-corrected chi connectivity index (χ0v) is 15.7. The molecule has 0 aliphatic heterocycles. The standard InChI is InChI=1S/C16H10Cl2F4OS.H2S/c17-12-3-1-11(15(18)7-12)9-24(23)6-5-10-2-4-13(19)8-14(10)16(20,21)22;/h1-8H,9H2;1H2/b6-5+;. The van der Waals surface area contributed by atoms with Crippen LogP contribution in [0.5, 0.6) is 0 Å². The second-order valence-electron chi connectivity index (χ2n) is 4.79. The molecule has 0 heterocycles. The SMILES string of the molecule is O=S(/C=C/c1ccc(F)cc1C(F)(F)F)Cc1ccc(Cl)cc1Cl.S. The summed E-state index contributed by atoms with van der Waals surface area (Å²) in [5.41, 5.74) is -0.834. The molecule has 1 atom stereocenters. The summed E-state index contributed by atoms with van der Waals surface area (Å²) in [5, 5.41) is 1.86. The lowest BCUT2D eigenvalue weighted by Gasteiger charge is -2.10. The first-order chi connectivity index (χ1) is 11.2. The van der Waals surface area contributed by atoms with Gasteiger partial charge in [-0.15, -0.1) is 0 Å². The Hall–Kier alpha value is -1.02. The first-order valence-corrected chi connectivity index (χ1v) is 8.66. The Morgan fingerprint density at radius 1 is 1.08 bits per heavy atom. The van der Waals surface area contributed by atoms with Crippen LogP contribution >= 0.6 is 36.7 Å². The highest BCUT2D eigenvalue weighted by molar-refractivity contribution is 7.87. The summed E-state index contributed by atoms with van der Waals surface area (Å²) >= 11 is 11.7. The molecule has 9 heteroatoms. The number of alkyl halides is 3. The summed E-state index contributed by atoms with van der Waals surface area (Å²) in [7, 11) is -1.60. The van der Waals surface area contributed by atoms with Gasteiger partial charge in [0.05, 0.1) is 22.1 Å². The monoisotopic (exact) mass is 430 g/mol. The molecule has 2 aromatic rings. The minimum atomic E-state index is -4.71. The van der Waals surface area contributed by atoms with Crippen molar-refractivity contribution < 1.29 is 21.8 Å². The van der Waals surface area contributed by atoms with Gasteiger partial charge in [-0.05, 0) is 41.5 Å². The molecule has 0 amide bonds. The van der Waals surface area contributed by atoms with Crippen molar-refractivity contribution in [3.8, 4) is 0 Å². The molecule has 0 aliphatic carbocycles. The number of rotatable bonds is 4. The van der Waals surface area contributed by atoms with E-state index in [4.69, 9.17) is 23.2 Å². The fourth-order valence-electron chi connectivity index (χ4n) is 1.91. The average molecular weight is 431 g/mol. The van der Waals surface area contributed by atoms with Crippen molar-refractivity contribution in [1.82, 2.24) is 0 Å². The molecule has 2 aromatic carbocycles. The summed E-state index contributed by atoms with van der Waals surface area (Å²) in [4.78, 5) is 0. The molecule has 0 saturated carbocycles. The van der Waals surface area contributed by atoms with Crippen molar-refractivity contribution in [2.45, 2.75) is 11.9 Å². The van der Waals surface area contributed by atoms with E-state index in [1.54, 1.807) is 12.1 Å². The number of hydrogen-bond donors (Lipinski definition) is 0. The van der Waals surface area contributed by atoms with Crippen LogP contribution in [0.3, 0.4) is 0 Å². The van der Waals surface area contributed by atoms with E-state index in [9.17, 15) is 21.8 Å². The van der Waals surface area contributed by atoms with E-state index < -0.39 is 28.4 Å². The van der Waals surface area contributed by atoms with Crippen LogP contribution in [0.2, 0.25) is 10.0 Å². The zero-order chi connectivity index (χ0) is 17.9. The maximum absolute atomic E-state index is 13.0. The summed E-state index contributed by atoms with van der Waals surface area (Å²) < 4.78 is 63.7. The van der Waals surface area contributed by atoms with Crippen LogP contribution in [0.15, 0.2) is 41.8 Å². The van der Waals surface area contributed by atoms with Gasteiger partial charge in [-0.25, -0.2) is 4.39 Å². The van der Waals surface area contributed by atoms with E-state index in [1.807, 2.05) is 0 Å². The second kappa shape index (κ2) is 9.07. The molecule has 0 radical (unpaired) electrons. The molecule has 0 saturated heterocycles. The van der Waals surface area contributed by atoms with Gasteiger partial charge in [-0.3, -0.25) is 4.21 Å². The van der Waals surface area contributed by atoms with E-state index in [-0.39, 0.29) is 24.8 Å². The second-order valence-corrected chi connectivity index (χ2v) is 6.96. The number of hydrogen-bond acceptors (Lipinski definition) is 1. The van der Waals surface area contributed by atoms with Gasteiger partial charge in [-0.2, -0.15) is 26.7 Å². The van der Waals surface area contributed by atoms with Crippen molar-refractivity contribution in [2.24, 2.45) is 0 Å². The van der Waals surface area contributed by atoms with Gasteiger partial charge in [0.15, 0.2) is 0 Å². The summed E-state index contributed by atoms with van der Waals surface area (Å²) in [6.45, 7) is 0. The van der Waals surface area contributed by atoms with E-state index in [0.717, 1.165) is 23.6 Å². The minimum absolute atomic E-state index is 0. The summed E-state index contributed by atoms with van der Waals surface area (Å²) in [5.74, 6) is -0.969. The number of benzene rings is 2. The first kappa shape index (κ1) is 22.0.